The summed E-state index contributed by atoms with van der Waals surface area (Å²) in [5.41, 5.74) is 1.95. The van der Waals surface area contributed by atoms with Crippen molar-refractivity contribution in [3.05, 3.63) is 53.6 Å². The Morgan fingerprint density at radius 2 is 1.50 bits per heavy atom. The fraction of sp³-hybridized carbons (Fsp3) is 0.417. The Hall–Kier alpha value is -2.62. The largest absolute Gasteiger partial charge is 0.497 e. The first kappa shape index (κ1) is 24.0. The van der Waals surface area contributed by atoms with E-state index in [0.717, 1.165) is 22.6 Å². The minimum absolute atomic E-state index is 0.158. The molecular weight excluding hydrogens is 414 g/mol. The first-order valence-corrected chi connectivity index (χ1v) is 10.5. The van der Waals surface area contributed by atoms with Crippen LogP contribution in [0.15, 0.2) is 42.5 Å². The van der Waals surface area contributed by atoms with Gasteiger partial charge in [-0.1, -0.05) is 24.3 Å². The summed E-state index contributed by atoms with van der Waals surface area (Å²) >= 11 is 0. The van der Waals surface area contributed by atoms with Crippen molar-refractivity contribution in [2.24, 2.45) is 0 Å². The van der Waals surface area contributed by atoms with Gasteiger partial charge in [-0.3, -0.25) is 4.90 Å². The number of likely N-dealkylation sites (tertiary alicyclic amines) is 1. The van der Waals surface area contributed by atoms with Gasteiger partial charge in [-0.15, -0.1) is 0 Å². The van der Waals surface area contributed by atoms with Crippen LogP contribution in [0.5, 0.6) is 17.2 Å². The van der Waals surface area contributed by atoms with Crippen molar-refractivity contribution >= 4 is 12.2 Å². The topological polar surface area (TPSA) is 112 Å². The number of aliphatic hydroxyl groups is 4. The highest BCUT2D eigenvalue weighted by molar-refractivity contribution is 5.71. The first-order valence-electron chi connectivity index (χ1n) is 10.5. The van der Waals surface area contributed by atoms with Crippen LogP contribution in [0, 0.1) is 0 Å². The molecule has 0 bridgehead atoms. The zero-order chi connectivity index (χ0) is 23.1. The predicted octanol–water partition coefficient (Wildman–Crippen LogP) is 1.01. The molecule has 8 heteroatoms. The van der Waals surface area contributed by atoms with Crippen LogP contribution in [0.3, 0.4) is 0 Å². The van der Waals surface area contributed by atoms with Crippen LogP contribution in [0.4, 0.5) is 0 Å². The maximum absolute atomic E-state index is 10.0. The second-order valence-corrected chi connectivity index (χ2v) is 7.69. The maximum Gasteiger partial charge on any atom is 0.123 e. The van der Waals surface area contributed by atoms with E-state index in [4.69, 9.17) is 14.2 Å². The Morgan fingerprint density at radius 3 is 2.09 bits per heavy atom. The Kier molecular flexibility index (Phi) is 8.49. The first-order chi connectivity index (χ1) is 15.4. The monoisotopic (exact) mass is 445 g/mol. The van der Waals surface area contributed by atoms with Crippen LogP contribution < -0.4 is 14.2 Å². The molecule has 32 heavy (non-hydrogen) atoms. The minimum atomic E-state index is -1.26. The van der Waals surface area contributed by atoms with E-state index in [9.17, 15) is 20.4 Å². The van der Waals surface area contributed by atoms with Crippen LogP contribution >= 0.6 is 0 Å². The van der Waals surface area contributed by atoms with Crippen molar-refractivity contribution in [1.29, 1.82) is 0 Å². The quantitative estimate of drug-likeness (QED) is 0.423. The van der Waals surface area contributed by atoms with Crippen LogP contribution in [-0.4, -0.2) is 90.2 Å². The lowest BCUT2D eigenvalue weighted by Crippen LogP contribution is -2.63. The average Bonchev–Trinajstić information content (AvgIpc) is 2.82. The molecule has 1 unspecified atom stereocenters. The molecule has 4 atom stereocenters. The molecule has 174 valence electrons. The third kappa shape index (κ3) is 5.99. The fourth-order valence-corrected chi connectivity index (χ4v) is 3.71. The van der Waals surface area contributed by atoms with Crippen LogP contribution in [0.2, 0.25) is 0 Å². The molecule has 0 radical (unpaired) electrons. The van der Waals surface area contributed by atoms with Crippen LogP contribution in [-0.2, 0) is 0 Å². The maximum atomic E-state index is 10.0. The molecule has 0 saturated carbocycles. The van der Waals surface area contributed by atoms with Crippen LogP contribution in [0.1, 0.15) is 11.1 Å². The molecule has 0 spiro atoms. The summed E-state index contributed by atoms with van der Waals surface area (Å²) in [6, 6.07) is 12.6. The van der Waals surface area contributed by atoms with Gasteiger partial charge in [0.15, 0.2) is 0 Å². The third-order valence-electron chi connectivity index (χ3n) is 5.59. The van der Waals surface area contributed by atoms with Crippen molar-refractivity contribution in [3.63, 3.8) is 0 Å². The number of hydrogen-bond donors (Lipinski definition) is 4. The molecule has 2 aromatic carbocycles. The summed E-state index contributed by atoms with van der Waals surface area (Å²) < 4.78 is 16.3. The van der Waals surface area contributed by atoms with Crippen molar-refractivity contribution in [2.75, 3.05) is 40.5 Å². The third-order valence-corrected chi connectivity index (χ3v) is 5.59. The summed E-state index contributed by atoms with van der Waals surface area (Å²) in [5, 5.41) is 39.2. The van der Waals surface area contributed by atoms with Crippen molar-refractivity contribution in [2.45, 2.75) is 24.4 Å². The number of benzene rings is 2. The Morgan fingerprint density at radius 1 is 0.875 bits per heavy atom. The minimum Gasteiger partial charge on any atom is -0.497 e. The lowest BCUT2D eigenvalue weighted by atomic mass is 9.94. The van der Waals surface area contributed by atoms with Gasteiger partial charge in [0, 0.05) is 19.2 Å². The molecule has 3 rings (SSSR count). The molecule has 1 fully saturated rings. The van der Waals surface area contributed by atoms with Gasteiger partial charge >= 0.3 is 0 Å². The van der Waals surface area contributed by atoms with Crippen molar-refractivity contribution in [1.82, 2.24) is 4.90 Å². The number of β-amino-alcohol motifs (C(OH)–C–C–N with tert-alkyl or cyclic N) is 1. The standard InChI is InChI=1S/C24H31NO7/c1-30-19-11-17(12-20(13-19)31-2)4-3-16-5-7-18(8-6-16)32-10-9-25-14-22(27)24(29)23(28)21(25)15-26/h3-8,11-13,21-24,26-29H,9-10,14-15H2,1-2H3/b4-3+/t21-,22+,23?,24-/m1/s1. The van der Waals surface area contributed by atoms with E-state index in [1.165, 1.54) is 0 Å². The average molecular weight is 446 g/mol. The summed E-state index contributed by atoms with van der Waals surface area (Å²) in [5.74, 6) is 2.13. The van der Waals surface area contributed by atoms with E-state index >= 15 is 0 Å². The van der Waals surface area contributed by atoms with E-state index in [2.05, 4.69) is 0 Å². The second-order valence-electron chi connectivity index (χ2n) is 7.69. The Labute approximate surface area is 187 Å². The number of ether oxygens (including phenoxy) is 3. The Balaban J connectivity index is 1.54. The Bertz CT molecular complexity index is 864. The lowest BCUT2D eigenvalue weighted by Gasteiger charge is -2.42. The van der Waals surface area contributed by atoms with Gasteiger partial charge in [0.1, 0.15) is 36.1 Å². The summed E-state index contributed by atoms with van der Waals surface area (Å²) in [6.07, 6.45) is 0.411. The molecule has 4 N–H and O–H groups in total. The number of hydrogen-bond acceptors (Lipinski definition) is 8. The molecule has 0 aliphatic carbocycles. The SMILES string of the molecule is COc1cc(/C=C/c2ccc(OCCN3C[C@H](O)[C@@H](O)C(O)[C@H]3CO)cc2)cc(OC)c1. The summed E-state index contributed by atoms with van der Waals surface area (Å²) in [7, 11) is 3.23. The molecule has 1 heterocycles. The second kappa shape index (κ2) is 11.3. The number of piperidine rings is 1. The van der Waals surface area contributed by atoms with Gasteiger partial charge in [0.05, 0.1) is 33.0 Å². The van der Waals surface area contributed by atoms with Gasteiger partial charge in [-0.2, -0.15) is 0 Å². The highest BCUT2D eigenvalue weighted by Gasteiger charge is 2.40. The zero-order valence-corrected chi connectivity index (χ0v) is 18.3. The normalized spacial score (nSPS) is 23.9. The number of methoxy groups -OCH3 is 2. The molecule has 1 aliphatic rings. The van der Waals surface area contributed by atoms with Crippen molar-refractivity contribution < 1.29 is 34.6 Å². The molecular formula is C24H31NO7. The molecule has 2 aromatic rings. The fourth-order valence-electron chi connectivity index (χ4n) is 3.71. The van der Waals surface area contributed by atoms with E-state index in [-0.39, 0.29) is 13.2 Å². The number of aliphatic hydroxyl groups excluding tert-OH is 4. The van der Waals surface area contributed by atoms with Gasteiger partial charge in [-0.25, -0.2) is 0 Å². The smallest absolute Gasteiger partial charge is 0.123 e. The number of rotatable bonds is 9. The van der Waals surface area contributed by atoms with Crippen molar-refractivity contribution in [3.8, 4) is 17.2 Å². The number of nitrogens with zero attached hydrogens (tertiary/aromatic N) is 1. The van der Waals surface area contributed by atoms with E-state index in [0.29, 0.717) is 18.9 Å². The highest BCUT2D eigenvalue weighted by atomic mass is 16.5. The molecule has 1 aliphatic heterocycles. The van der Waals surface area contributed by atoms with E-state index < -0.39 is 24.4 Å². The van der Waals surface area contributed by atoms with E-state index in [1.807, 2.05) is 54.6 Å². The highest BCUT2D eigenvalue weighted by Crippen LogP contribution is 2.24. The molecule has 0 amide bonds. The summed E-state index contributed by atoms with van der Waals surface area (Å²) in [4.78, 5) is 1.72. The molecule has 0 aromatic heterocycles. The summed E-state index contributed by atoms with van der Waals surface area (Å²) in [6.45, 7) is 0.549. The zero-order valence-electron chi connectivity index (χ0n) is 18.3. The van der Waals surface area contributed by atoms with Gasteiger partial charge < -0.3 is 34.6 Å². The van der Waals surface area contributed by atoms with Gasteiger partial charge in [0.2, 0.25) is 0 Å². The van der Waals surface area contributed by atoms with Gasteiger partial charge in [-0.05, 0) is 35.4 Å². The van der Waals surface area contributed by atoms with Crippen LogP contribution in [0.25, 0.3) is 12.2 Å². The predicted molar refractivity (Wildman–Crippen MR) is 121 cm³/mol. The lowest BCUT2D eigenvalue weighted by molar-refractivity contribution is -0.146. The molecule has 8 nitrogen and oxygen atoms in total. The van der Waals surface area contributed by atoms with E-state index in [1.54, 1.807) is 19.1 Å². The molecule has 1 saturated heterocycles. The van der Waals surface area contributed by atoms with Gasteiger partial charge in [0.25, 0.3) is 0 Å².